The van der Waals surface area contributed by atoms with Gasteiger partial charge in [0.15, 0.2) is 0 Å². The van der Waals surface area contributed by atoms with Gasteiger partial charge in [0.1, 0.15) is 6.04 Å². The Hall–Kier alpha value is -2.66. The van der Waals surface area contributed by atoms with Crippen molar-refractivity contribution in [2.45, 2.75) is 18.4 Å². The molecule has 5 nitrogen and oxygen atoms in total. The zero-order valence-electron chi connectivity index (χ0n) is 13.8. The van der Waals surface area contributed by atoms with Crippen LogP contribution in [0.2, 0.25) is 0 Å². The van der Waals surface area contributed by atoms with E-state index in [-0.39, 0.29) is 17.7 Å². The predicted molar refractivity (Wildman–Crippen MR) is 93.8 cm³/mol. The third-order valence-corrected chi connectivity index (χ3v) is 5.12. The number of hydrogen-bond acceptors (Lipinski definition) is 3. The van der Waals surface area contributed by atoms with E-state index < -0.39 is 11.9 Å². The molecular formula is C20H20N2O3. The summed E-state index contributed by atoms with van der Waals surface area (Å²) in [6.45, 7) is 0.976. The standard InChI is InChI=1S/C20H20N2O3/c21-19(23)18(22-20(24)12-9-10-25-11-12)17-15-7-3-1-5-13(15)14-6-2-4-8-16(14)17/h1-8,12,17-18H,9-11H2,(H2,21,23)(H,22,24)/t12-,18+/m1/s1. The van der Waals surface area contributed by atoms with Crippen molar-refractivity contribution in [3.63, 3.8) is 0 Å². The first-order valence-corrected chi connectivity index (χ1v) is 8.52. The largest absolute Gasteiger partial charge is 0.381 e. The summed E-state index contributed by atoms with van der Waals surface area (Å²) < 4.78 is 5.28. The Kier molecular flexibility index (Phi) is 4.01. The summed E-state index contributed by atoms with van der Waals surface area (Å²) in [5.41, 5.74) is 9.92. The van der Waals surface area contributed by atoms with Crippen molar-refractivity contribution in [1.82, 2.24) is 5.32 Å². The number of carbonyl (C=O) groups is 2. The van der Waals surface area contributed by atoms with Crippen LogP contribution >= 0.6 is 0 Å². The highest BCUT2D eigenvalue weighted by atomic mass is 16.5. The zero-order valence-corrected chi connectivity index (χ0v) is 13.8. The van der Waals surface area contributed by atoms with Gasteiger partial charge < -0.3 is 15.8 Å². The van der Waals surface area contributed by atoms with Gasteiger partial charge in [-0.15, -0.1) is 0 Å². The maximum atomic E-state index is 12.5. The van der Waals surface area contributed by atoms with Gasteiger partial charge in [0.05, 0.1) is 12.5 Å². The average molecular weight is 336 g/mol. The summed E-state index contributed by atoms with van der Waals surface area (Å²) >= 11 is 0. The lowest BCUT2D eigenvalue weighted by Gasteiger charge is -2.25. The fourth-order valence-corrected chi connectivity index (χ4v) is 3.88. The van der Waals surface area contributed by atoms with Crippen molar-refractivity contribution in [2.24, 2.45) is 11.7 Å². The van der Waals surface area contributed by atoms with Gasteiger partial charge in [-0.3, -0.25) is 9.59 Å². The topological polar surface area (TPSA) is 81.4 Å². The van der Waals surface area contributed by atoms with E-state index in [1.54, 1.807) is 0 Å². The number of ether oxygens (including phenoxy) is 1. The van der Waals surface area contributed by atoms with Gasteiger partial charge in [-0.1, -0.05) is 48.5 Å². The molecule has 4 rings (SSSR count). The zero-order chi connectivity index (χ0) is 17.4. The number of nitrogens with two attached hydrogens (primary N) is 1. The van der Waals surface area contributed by atoms with E-state index in [2.05, 4.69) is 5.32 Å². The first kappa shape index (κ1) is 15.8. The van der Waals surface area contributed by atoms with E-state index in [0.29, 0.717) is 19.6 Å². The smallest absolute Gasteiger partial charge is 0.240 e. The number of nitrogens with one attached hydrogen (secondary N) is 1. The summed E-state index contributed by atoms with van der Waals surface area (Å²) in [4.78, 5) is 24.8. The van der Waals surface area contributed by atoms with Gasteiger partial charge in [0, 0.05) is 12.5 Å². The second-order valence-corrected chi connectivity index (χ2v) is 6.60. The lowest BCUT2D eigenvalue weighted by Crippen LogP contribution is -2.50. The minimum Gasteiger partial charge on any atom is -0.381 e. The lowest BCUT2D eigenvalue weighted by molar-refractivity contribution is -0.130. The molecule has 1 fully saturated rings. The Morgan fingerprint density at radius 3 is 2.16 bits per heavy atom. The lowest BCUT2D eigenvalue weighted by atomic mass is 9.88. The van der Waals surface area contributed by atoms with Crippen LogP contribution in [0.25, 0.3) is 11.1 Å². The second kappa shape index (κ2) is 6.33. The van der Waals surface area contributed by atoms with Gasteiger partial charge in [-0.2, -0.15) is 0 Å². The quantitative estimate of drug-likeness (QED) is 0.893. The molecule has 2 aliphatic rings. The van der Waals surface area contributed by atoms with E-state index in [1.807, 2.05) is 48.5 Å². The minimum absolute atomic E-state index is 0.164. The number of amides is 2. The molecule has 1 saturated heterocycles. The molecule has 2 aromatic rings. The van der Waals surface area contributed by atoms with E-state index in [9.17, 15) is 9.59 Å². The summed E-state index contributed by atoms with van der Waals surface area (Å²) in [5, 5.41) is 2.89. The molecule has 2 aromatic carbocycles. The second-order valence-electron chi connectivity index (χ2n) is 6.60. The molecule has 1 heterocycles. The minimum atomic E-state index is -0.780. The summed E-state index contributed by atoms with van der Waals surface area (Å²) in [6.07, 6.45) is 0.676. The molecule has 2 atom stereocenters. The number of hydrogen-bond donors (Lipinski definition) is 2. The van der Waals surface area contributed by atoms with E-state index in [1.165, 1.54) is 0 Å². The van der Waals surface area contributed by atoms with E-state index in [0.717, 1.165) is 22.3 Å². The number of primary amides is 1. The van der Waals surface area contributed by atoms with Gasteiger partial charge in [0.25, 0.3) is 0 Å². The molecule has 0 unspecified atom stereocenters. The third-order valence-electron chi connectivity index (χ3n) is 5.12. The van der Waals surface area contributed by atoms with Crippen LogP contribution in [0.3, 0.4) is 0 Å². The van der Waals surface area contributed by atoms with Crippen LogP contribution in [0.5, 0.6) is 0 Å². The molecule has 5 heteroatoms. The Morgan fingerprint density at radius 1 is 1.04 bits per heavy atom. The summed E-state index contributed by atoms with van der Waals surface area (Å²) in [7, 11) is 0. The molecule has 1 aliphatic heterocycles. The highest BCUT2D eigenvalue weighted by Crippen LogP contribution is 2.46. The van der Waals surface area contributed by atoms with Crippen molar-refractivity contribution in [2.75, 3.05) is 13.2 Å². The molecular weight excluding hydrogens is 316 g/mol. The van der Waals surface area contributed by atoms with E-state index in [4.69, 9.17) is 10.5 Å². The highest BCUT2D eigenvalue weighted by Gasteiger charge is 2.39. The monoisotopic (exact) mass is 336 g/mol. The normalized spacial score (nSPS) is 19.9. The number of fused-ring (bicyclic) bond motifs is 3. The SMILES string of the molecule is NC(=O)[C@@H](NC(=O)[C@@H]1CCOC1)C1c2ccccc2-c2ccccc21. The maximum absolute atomic E-state index is 12.5. The Bertz CT molecular complexity index is 782. The highest BCUT2D eigenvalue weighted by molar-refractivity contribution is 5.91. The summed E-state index contributed by atoms with van der Waals surface area (Å²) in [6, 6.07) is 15.2. The van der Waals surface area contributed by atoms with Gasteiger partial charge in [0.2, 0.25) is 11.8 Å². The Morgan fingerprint density at radius 2 is 1.64 bits per heavy atom. The molecule has 0 aromatic heterocycles. The van der Waals surface area contributed by atoms with Crippen LogP contribution in [0.4, 0.5) is 0 Å². The molecule has 2 amide bonds. The predicted octanol–water partition coefficient (Wildman–Crippen LogP) is 1.81. The van der Waals surface area contributed by atoms with Gasteiger partial charge in [-0.05, 0) is 28.7 Å². The first-order chi connectivity index (χ1) is 12.2. The number of carbonyl (C=O) groups excluding carboxylic acids is 2. The van der Waals surface area contributed by atoms with Crippen LogP contribution in [0.1, 0.15) is 23.5 Å². The molecule has 0 saturated carbocycles. The number of benzene rings is 2. The van der Waals surface area contributed by atoms with Crippen molar-refractivity contribution >= 4 is 11.8 Å². The molecule has 128 valence electrons. The Balaban J connectivity index is 1.72. The Labute approximate surface area is 146 Å². The van der Waals surface area contributed by atoms with Crippen LogP contribution in [-0.4, -0.2) is 31.1 Å². The third kappa shape index (κ3) is 2.70. The van der Waals surface area contributed by atoms with Crippen molar-refractivity contribution < 1.29 is 14.3 Å². The van der Waals surface area contributed by atoms with Crippen molar-refractivity contribution in [3.8, 4) is 11.1 Å². The molecule has 0 spiro atoms. The van der Waals surface area contributed by atoms with Crippen LogP contribution in [-0.2, 0) is 14.3 Å². The van der Waals surface area contributed by atoms with Gasteiger partial charge in [-0.25, -0.2) is 0 Å². The van der Waals surface area contributed by atoms with Crippen LogP contribution in [0, 0.1) is 5.92 Å². The average Bonchev–Trinajstić information content (AvgIpc) is 3.26. The summed E-state index contributed by atoms with van der Waals surface area (Å²) in [5.74, 6) is -1.17. The van der Waals surface area contributed by atoms with Gasteiger partial charge >= 0.3 is 0 Å². The maximum Gasteiger partial charge on any atom is 0.240 e. The molecule has 3 N–H and O–H groups in total. The van der Waals surface area contributed by atoms with Crippen LogP contribution in [0.15, 0.2) is 48.5 Å². The first-order valence-electron chi connectivity index (χ1n) is 8.52. The fraction of sp³-hybridized carbons (Fsp3) is 0.300. The number of rotatable bonds is 4. The molecule has 25 heavy (non-hydrogen) atoms. The molecule has 0 radical (unpaired) electrons. The van der Waals surface area contributed by atoms with Crippen molar-refractivity contribution in [3.05, 3.63) is 59.7 Å². The molecule has 0 bridgehead atoms. The fourth-order valence-electron chi connectivity index (χ4n) is 3.88. The van der Waals surface area contributed by atoms with E-state index >= 15 is 0 Å². The van der Waals surface area contributed by atoms with Crippen molar-refractivity contribution in [1.29, 1.82) is 0 Å². The van der Waals surface area contributed by atoms with Crippen LogP contribution < -0.4 is 11.1 Å². The molecule has 1 aliphatic carbocycles.